The number of furan rings is 1. The molecule has 1 aliphatic carbocycles. The largest absolute Gasteiger partial charge is 0.467 e. The van der Waals surface area contributed by atoms with Crippen molar-refractivity contribution in [1.82, 2.24) is 19.8 Å². The Balaban J connectivity index is 1.44. The second kappa shape index (κ2) is 7.67. The van der Waals surface area contributed by atoms with Gasteiger partial charge in [-0.3, -0.25) is 9.48 Å². The third-order valence-corrected chi connectivity index (χ3v) is 5.54. The van der Waals surface area contributed by atoms with E-state index in [9.17, 15) is 4.79 Å². The van der Waals surface area contributed by atoms with Crippen molar-refractivity contribution < 1.29 is 13.7 Å². The van der Waals surface area contributed by atoms with Gasteiger partial charge in [-0.1, -0.05) is 35.5 Å². The lowest BCUT2D eigenvalue weighted by atomic mass is 10.1. The summed E-state index contributed by atoms with van der Waals surface area (Å²) < 4.78 is 12.9. The number of hydrogen-bond acceptors (Lipinski definition) is 5. The van der Waals surface area contributed by atoms with E-state index in [1.54, 1.807) is 17.2 Å². The van der Waals surface area contributed by atoms with Gasteiger partial charge in [0.25, 0.3) is 5.91 Å². The summed E-state index contributed by atoms with van der Waals surface area (Å²) in [5.74, 6) is 1.06. The van der Waals surface area contributed by atoms with Crippen molar-refractivity contribution in [3.63, 3.8) is 0 Å². The van der Waals surface area contributed by atoms with Crippen LogP contribution >= 0.6 is 0 Å². The average Bonchev–Trinajstić information content (AvgIpc) is 3.56. The third-order valence-electron chi connectivity index (χ3n) is 5.54. The highest BCUT2D eigenvalue weighted by Gasteiger charge is 2.27. The van der Waals surface area contributed by atoms with Gasteiger partial charge >= 0.3 is 0 Å². The first-order valence-corrected chi connectivity index (χ1v) is 10.1. The van der Waals surface area contributed by atoms with Crippen molar-refractivity contribution in [2.45, 2.75) is 32.4 Å². The predicted molar refractivity (Wildman–Crippen MR) is 109 cm³/mol. The normalized spacial score (nSPS) is 12.8. The van der Waals surface area contributed by atoms with Crippen LogP contribution in [0, 0.1) is 0 Å². The minimum absolute atomic E-state index is 0.213. The number of fused-ring (bicyclic) bond motifs is 1. The summed E-state index contributed by atoms with van der Waals surface area (Å²) in [6.07, 6.45) is 4.78. The van der Waals surface area contributed by atoms with E-state index in [1.165, 1.54) is 11.3 Å². The van der Waals surface area contributed by atoms with Gasteiger partial charge in [-0.25, -0.2) is 0 Å². The molecule has 152 valence electrons. The highest BCUT2D eigenvalue weighted by Crippen LogP contribution is 2.27. The van der Waals surface area contributed by atoms with Crippen molar-refractivity contribution in [3.05, 3.63) is 83.2 Å². The van der Waals surface area contributed by atoms with E-state index in [0.29, 0.717) is 24.6 Å². The van der Waals surface area contributed by atoms with Gasteiger partial charge in [0.15, 0.2) is 11.5 Å². The van der Waals surface area contributed by atoms with E-state index >= 15 is 0 Å². The molecule has 3 heterocycles. The van der Waals surface area contributed by atoms with Crippen LogP contribution in [0.2, 0.25) is 0 Å². The highest BCUT2D eigenvalue weighted by atomic mass is 16.5. The van der Waals surface area contributed by atoms with Gasteiger partial charge in [0.1, 0.15) is 5.76 Å². The zero-order valence-corrected chi connectivity index (χ0v) is 16.7. The molecule has 1 aromatic carbocycles. The Morgan fingerprint density at radius 3 is 2.80 bits per heavy atom. The molecule has 5 rings (SSSR count). The van der Waals surface area contributed by atoms with Crippen LogP contribution in [-0.2, 0) is 33.0 Å². The first kappa shape index (κ1) is 18.4. The topological polar surface area (TPSA) is 77.3 Å². The molecule has 0 radical (unpaired) electrons. The summed E-state index contributed by atoms with van der Waals surface area (Å²) in [6.45, 7) is 0.737. The Kier molecular flexibility index (Phi) is 4.71. The molecule has 7 heteroatoms. The van der Waals surface area contributed by atoms with Crippen molar-refractivity contribution in [2.24, 2.45) is 7.05 Å². The van der Waals surface area contributed by atoms with Gasteiger partial charge in [0.2, 0.25) is 0 Å². The Bertz CT molecular complexity index is 1160. The van der Waals surface area contributed by atoms with Crippen molar-refractivity contribution in [1.29, 1.82) is 0 Å². The van der Waals surface area contributed by atoms with Crippen LogP contribution in [-0.4, -0.2) is 25.7 Å². The maximum absolute atomic E-state index is 13.4. The number of aromatic nitrogens is 3. The molecule has 30 heavy (non-hydrogen) atoms. The number of carbonyl (C=O) groups is 1. The first-order valence-electron chi connectivity index (χ1n) is 10.1. The lowest BCUT2D eigenvalue weighted by Gasteiger charge is -2.20. The molecule has 0 unspecified atom stereocenters. The number of rotatable bonds is 6. The molecular formula is C23H22N4O3. The molecule has 0 N–H and O–H groups in total. The smallest absolute Gasteiger partial charge is 0.276 e. The third kappa shape index (κ3) is 3.43. The van der Waals surface area contributed by atoms with Crippen LogP contribution in [0.4, 0.5) is 0 Å². The van der Waals surface area contributed by atoms with E-state index in [0.717, 1.165) is 30.5 Å². The SMILES string of the molecule is Cn1nc(CN(Cc2ccco2)C(=O)c2cc(-c3ccccc3)on2)c2c1CCC2. The fraction of sp³-hybridized carbons (Fsp3) is 0.261. The molecule has 0 saturated heterocycles. The van der Waals surface area contributed by atoms with Gasteiger partial charge < -0.3 is 13.8 Å². The number of benzene rings is 1. The summed E-state index contributed by atoms with van der Waals surface area (Å²) in [4.78, 5) is 15.1. The Labute approximate surface area is 173 Å². The maximum Gasteiger partial charge on any atom is 0.276 e. The standard InChI is InChI=1S/C23H22N4O3/c1-26-21-11-5-10-18(21)20(24-26)15-27(14-17-9-6-12-29-17)23(28)19-13-22(30-25-19)16-7-3-2-4-8-16/h2-4,6-9,12-13H,5,10-11,14-15H2,1H3. The van der Waals surface area contributed by atoms with E-state index in [1.807, 2.05) is 54.2 Å². The maximum atomic E-state index is 13.4. The summed E-state index contributed by atoms with van der Waals surface area (Å²) in [6, 6.07) is 15.0. The number of amides is 1. The monoisotopic (exact) mass is 402 g/mol. The lowest BCUT2D eigenvalue weighted by molar-refractivity contribution is 0.0704. The number of carbonyl (C=O) groups excluding carboxylic acids is 1. The van der Waals surface area contributed by atoms with Crippen LogP contribution < -0.4 is 0 Å². The van der Waals surface area contributed by atoms with Crippen LogP contribution in [0.15, 0.2) is 63.7 Å². The molecule has 0 spiro atoms. The molecule has 0 aliphatic heterocycles. The second-order valence-electron chi connectivity index (χ2n) is 7.53. The van der Waals surface area contributed by atoms with Crippen molar-refractivity contribution in [3.8, 4) is 11.3 Å². The van der Waals surface area contributed by atoms with Crippen LogP contribution in [0.25, 0.3) is 11.3 Å². The molecule has 0 bridgehead atoms. The van der Waals surface area contributed by atoms with Gasteiger partial charge in [0.05, 0.1) is 25.0 Å². The molecule has 1 aliphatic rings. The summed E-state index contributed by atoms with van der Waals surface area (Å²) in [5.41, 5.74) is 4.62. The van der Waals surface area contributed by atoms with Gasteiger partial charge in [-0.05, 0) is 37.0 Å². The van der Waals surface area contributed by atoms with Gasteiger partial charge in [0, 0.05) is 24.4 Å². The zero-order chi connectivity index (χ0) is 20.5. The van der Waals surface area contributed by atoms with Crippen LogP contribution in [0.1, 0.15) is 39.6 Å². The van der Waals surface area contributed by atoms with Crippen LogP contribution in [0.3, 0.4) is 0 Å². The zero-order valence-electron chi connectivity index (χ0n) is 16.7. The molecule has 0 saturated carbocycles. The molecule has 4 aromatic rings. The van der Waals surface area contributed by atoms with E-state index < -0.39 is 0 Å². The molecule has 0 atom stereocenters. The Morgan fingerprint density at radius 2 is 2.00 bits per heavy atom. The molecule has 3 aromatic heterocycles. The Hall–Kier alpha value is -3.61. The fourth-order valence-electron chi connectivity index (χ4n) is 4.07. The van der Waals surface area contributed by atoms with Crippen molar-refractivity contribution in [2.75, 3.05) is 0 Å². The number of nitrogens with zero attached hydrogens (tertiary/aromatic N) is 4. The van der Waals surface area contributed by atoms with Crippen LogP contribution in [0.5, 0.6) is 0 Å². The molecule has 7 nitrogen and oxygen atoms in total. The minimum atomic E-state index is -0.213. The molecule has 1 amide bonds. The minimum Gasteiger partial charge on any atom is -0.467 e. The first-order chi connectivity index (χ1) is 14.7. The summed E-state index contributed by atoms with van der Waals surface area (Å²) in [7, 11) is 1.97. The number of aryl methyl sites for hydroxylation is 1. The Morgan fingerprint density at radius 1 is 1.13 bits per heavy atom. The number of hydrogen-bond donors (Lipinski definition) is 0. The van der Waals surface area contributed by atoms with E-state index in [2.05, 4.69) is 10.3 Å². The van der Waals surface area contributed by atoms with Gasteiger partial charge in [-0.2, -0.15) is 5.10 Å². The lowest BCUT2D eigenvalue weighted by Crippen LogP contribution is -2.30. The fourth-order valence-corrected chi connectivity index (χ4v) is 4.07. The highest BCUT2D eigenvalue weighted by molar-refractivity contribution is 5.93. The molecule has 0 fully saturated rings. The predicted octanol–water partition coefficient (Wildman–Crippen LogP) is 4.00. The second-order valence-corrected chi connectivity index (χ2v) is 7.53. The van der Waals surface area contributed by atoms with E-state index in [4.69, 9.17) is 8.94 Å². The average molecular weight is 402 g/mol. The van der Waals surface area contributed by atoms with Crippen molar-refractivity contribution >= 4 is 5.91 Å². The molecular weight excluding hydrogens is 380 g/mol. The van der Waals surface area contributed by atoms with Gasteiger partial charge in [-0.15, -0.1) is 0 Å². The quantitative estimate of drug-likeness (QED) is 0.487. The summed E-state index contributed by atoms with van der Waals surface area (Å²) >= 11 is 0. The summed E-state index contributed by atoms with van der Waals surface area (Å²) in [5, 5.41) is 8.72. The van der Waals surface area contributed by atoms with E-state index in [-0.39, 0.29) is 11.6 Å².